The number of hydrogen-bond donors (Lipinski definition) is 2. The van der Waals surface area contributed by atoms with Crippen LogP contribution in [0, 0.1) is 0 Å². The van der Waals surface area contributed by atoms with Crippen molar-refractivity contribution in [2.75, 3.05) is 11.9 Å². The summed E-state index contributed by atoms with van der Waals surface area (Å²) in [6.07, 6.45) is -0.785. The summed E-state index contributed by atoms with van der Waals surface area (Å²) in [6.45, 7) is 2.69. The van der Waals surface area contributed by atoms with Crippen LogP contribution in [0.3, 0.4) is 0 Å². The molecule has 0 aliphatic heterocycles. The van der Waals surface area contributed by atoms with E-state index in [2.05, 4.69) is 10.6 Å². The molecule has 8 heteroatoms. The van der Waals surface area contributed by atoms with Gasteiger partial charge in [-0.15, -0.1) is 0 Å². The van der Waals surface area contributed by atoms with Crippen molar-refractivity contribution in [3.63, 3.8) is 0 Å². The zero-order valence-electron chi connectivity index (χ0n) is 16.1. The minimum Gasteiger partial charge on any atom is -0.482 e. The summed E-state index contributed by atoms with van der Waals surface area (Å²) in [5, 5.41) is 4.57. The Kier molecular flexibility index (Phi) is 7.90. The van der Waals surface area contributed by atoms with E-state index in [0.717, 1.165) is 0 Å². The standard InChI is InChI=1S/C21H22N2O6/c1-3-18(24)15-9-11-17(12-10-15)28-13-19(25)29-14(2)20(26)23-21(27)22-16-7-5-4-6-8-16/h4-12,14H,3,13H2,1-2H3,(H2,22,23,26,27). The number of carbonyl (C=O) groups is 4. The number of hydrogen-bond acceptors (Lipinski definition) is 6. The van der Waals surface area contributed by atoms with Gasteiger partial charge in [0.15, 0.2) is 18.5 Å². The number of carbonyl (C=O) groups excluding carboxylic acids is 4. The number of esters is 1. The van der Waals surface area contributed by atoms with Crippen molar-refractivity contribution in [3.8, 4) is 5.75 Å². The van der Waals surface area contributed by atoms with Crippen molar-refractivity contribution in [2.24, 2.45) is 0 Å². The van der Waals surface area contributed by atoms with Crippen LogP contribution < -0.4 is 15.4 Å². The van der Waals surface area contributed by atoms with Gasteiger partial charge < -0.3 is 14.8 Å². The maximum absolute atomic E-state index is 12.0. The summed E-state index contributed by atoms with van der Waals surface area (Å²) in [6, 6.07) is 14.2. The lowest BCUT2D eigenvalue weighted by Crippen LogP contribution is -2.42. The Hall–Kier alpha value is -3.68. The zero-order valence-corrected chi connectivity index (χ0v) is 16.1. The Balaban J connectivity index is 1.75. The monoisotopic (exact) mass is 398 g/mol. The molecule has 0 aliphatic rings. The predicted octanol–water partition coefficient (Wildman–Crippen LogP) is 2.94. The van der Waals surface area contributed by atoms with Gasteiger partial charge in [0.25, 0.3) is 5.91 Å². The van der Waals surface area contributed by atoms with Crippen molar-refractivity contribution in [3.05, 3.63) is 60.2 Å². The van der Waals surface area contributed by atoms with Crippen LogP contribution in [-0.4, -0.2) is 36.4 Å². The van der Waals surface area contributed by atoms with E-state index < -0.39 is 30.6 Å². The highest BCUT2D eigenvalue weighted by molar-refractivity contribution is 6.02. The first-order chi connectivity index (χ1) is 13.9. The number of amides is 3. The summed E-state index contributed by atoms with van der Waals surface area (Å²) < 4.78 is 10.2. The minimum atomic E-state index is -1.18. The first-order valence-corrected chi connectivity index (χ1v) is 9.01. The predicted molar refractivity (Wildman–Crippen MR) is 106 cm³/mol. The molecule has 1 atom stereocenters. The number of ketones is 1. The fourth-order valence-corrected chi connectivity index (χ4v) is 2.27. The van der Waals surface area contributed by atoms with Gasteiger partial charge in [-0.25, -0.2) is 9.59 Å². The van der Waals surface area contributed by atoms with Gasteiger partial charge in [-0.3, -0.25) is 14.9 Å². The van der Waals surface area contributed by atoms with E-state index in [1.807, 2.05) is 0 Å². The average Bonchev–Trinajstić information content (AvgIpc) is 2.72. The largest absolute Gasteiger partial charge is 0.482 e. The molecule has 0 saturated carbocycles. The number of rotatable bonds is 8. The van der Waals surface area contributed by atoms with Crippen LogP contribution >= 0.6 is 0 Å². The summed E-state index contributed by atoms with van der Waals surface area (Å²) >= 11 is 0. The highest BCUT2D eigenvalue weighted by Gasteiger charge is 2.20. The number of ether oxygens (including phenoxy) is 2. The fraction of sp³-hybridized carbons (Fsp3) is 0.238. The summed E-state index contributed by atoms with van der Waals surface area (Å²) in [4.78, 5) is 47.2. The molecule has 1 unspecified atom stereocenters. The molecule has 2 N–H and O–H groups in total. The van der Waals surface area contributed by atoms with Gasteiger partial charge in [-0.2, -0.15) is 0 Å². The Morgan fingerprint density at radius 2 is 1.62 bits per heavy atom. The van der Waals surface area contributed by atoms with E-state index in [0.29, 0.717) is 23.4 Å². The third-order valence-corrected chi connectivity index (χ3v) is 3.80. The van der Waals surface area contributed by atoms with Gasteiger partial charge in [0.05, 0.1) is 0 Å². The molecule has 0 spiro atoms. The molecule has 0 heterocycles. The fourth-order valence-electron chi connectivity index (χ4n) is 2.27. The van der Waals surface area contributed by atoms with Crippen molar-refractivity contribution in [1.29, 1.82) is 0 Å². The minimum absolute atomic E-state index is 0.00657. The van der Waals surface area contributed by atoms with E-state index in [-0.39, 0.29) is 5.78 Å². The quantitative estimate of drug-likeness (QED) is 0.522. The molecule has 2 aromatic rings. The van der Waals surface area contributed by atoms with Crippen molar-refractivity contribution in [1.82, 2.24) is 5.32 Å². The molecule has 2 rings (SSSR count). The summed E-state index contributed by atoms with van der Waals surface area (Å²) in [5.41, 5.74) is 1.07. The maximum Gasteiger partial charge on any atom is 0.344 e. The molecule has 29 heavy (non-hydrogen) atoms. The van der Waals surface area contributed by atoms with Gasteiger partial charge in [-0.05, 0) is 43.3 Å². The molecule has 0 bridgehead atoms. The summed E-state index contributed by atoms with van der Waals surface area (Å²) in [7, 11) is 0. The zero-order chi connectivity index (χ0) is 21.2. The number of imide groups is 1. The molecule has 0 radical (unpaired) electrons. The molecule has 8 nitrogen and oxygen atoms in total. The topological polar surface area (TPSA) is 111 Å². The molecule has 0 saturated heterocycles. The van der Waals surface area contributed by atoms with E-state index in [9.17, 15) is 19.2 Å². The van der Waals surface area contributed by atoms with Crippen LogP contribution in [0.5, 0.6) is 5.75 Å². The SMILES string of the molecule is CCC(=O)c1ccc(OCC(=O)OC(C)C(=O)NC(=O)Nc2ccccc2)cc1. The highest BCUT2D eigenvalue weighted by atomic mass is 16.6. The molecule has 0 aromatic heterocycles. The van der Waals surface area contributed by atoms with Crippen LogP contribution in [-0.2, 0) is 14.3 Å². The van der Waals surface area contributed by atoms with Crippen molar-refractivity contribution < 1.29 is 28.7 Å². The second-order valence-electron chi connectivity index (χ2n) is 6.03. The van der Waals surface area contributed by atoms with Crippen LogP contribution in [0.1, 0.15) is 30.6 Å². The average molecular weight is 398 g/mol. The summed E-state index contributed by atoms with van der Waals surface area (Å²) in [5.74, 6) is -1.15. The van der Waals surface area contributed by atoms with Gasteiger partial charge in [-0.1, -0.05) is 25.1 Å². The van der Waals surface area contributed by atoms with Gasteiger partial charge in [0, 0.05) is 17.7 Å². The maximum atomic E-state index is 12.0. The normalized spacial score (nSPS) is 11.1. The lowest BCUT2D eigenvalue weighted by atomic mass is 10.1. The smallest absolute Gasteiger partial charge is 0.344 e. The number of urea groups is 1. The molecule has 0 fully saturated rings. The first kappa shape index (κ1) is 21.6. The Labute approximate surface area is 168 Å². The van der Waals surface area contributed by atoms with E-state index >= 15 is 0 Å². The molecule has 152 valence electrons. The molecule has 3 amide bonds. The number of anilines is 1. The Bertz CT molecular complexity index is 864. The third kappa shape index (κ3) is 7.10. The van der Waals surface area contributed by atoms with Crippen molar-refractivity contribution >= 4 is 29.4 Å². The molecular formula is C21H22N2O6. The van der Waals surface area contributed by atoms with E-state index in [1.165, 1.54) is 6.92 Å². The second-order valence-corrected chi connectivity index (χ2v) is 6.03. The van der Waals surface area contributed by atoms with E-state index in [4.69, 9.17) is 9.47 Å². The second kappa shape index (κ2) is 10.6. The Morgan fingerprint density at radius 1 is 0.966 bits per heavy atom. The number of para-hydroxylation sites is 1. The van der Waals surface area contributed by atoms with Crippen LogP contribution in [0.15, 0.2) is 54.6 Å². The molecule has 0 aliphatic carbocycles. The first-order valence-electron chi connectivity index (χ1n) is 9.01. The van der Waals surface area contributed by atoms with Crippen LogP contribution in [0.25, 0.3) is 0 Å². The van der Waals surface area contributed by atoms with Gasteiger partial charge in [0.1, 0.15) is 5.75 Å². The highest BCUT2D eigenvalue weighted by Crippen LogP contribution is 2.13. The lowest BCUT2D eigenvalue weighted by molar-refractivity contribution is -0.156. The third-order valence-electron chi connectivity index (χ3n) is 3.80. The Morgan fingerprint density at radius 3 is 2.24 bits per heavy atom. The van der Waals surface area contributed by atoms with Crippen molar-refractivity contribution in [2.45, 2.75) is 26.4 Å². The van der Waals surface area contributed by atoms with Crippen LogP contribution in [0.4, 0.5) is 10.5 Å². The van der Waals surface area contributed by atoms with Gasteiger partial charge >= 0.3 is 12.0 Å². The van der Waals surface area contributed by atoms with E-state index in [1.54, 1.807) is 61.5 Å². The lowest BCUT2D eigenvalue weighted by Gasteiger charge is -2.14. The van der Waals surface area contributed by atoms with Crippen LogP contribution in [0.2, 0.25) is 0 Å². The molecular weight excluding hydrogens is 376 g/mol. The number of Topliss-reactive ketones (excluding diaryl/α,β-unsaturated/α-hetero) is 1. The number of nitrogens with one attached hydrogen (secondary N) is 2. The molecule has 2 aromatic carbocycles. The van der Waals surface area contributed by atoms with Gasteiger partial charge in [0.2, 0.25) is 0 Å². The number of benzene rings is 2.